The minimum absolute atomic E-state index is 0.370. The molecular formula is C5H11NO. The highest BCUT2D eigenvalue weighted by Crippen LogP contribution is 2.37. The molecule has 1 aliphatic carbocycles. The van der Waals surface area contributed by atoms with Gasteiger partial charge >= 0.3 is 0 Å². The summed E-state index contributed by atoms with van der Waals surface area (Å²) in [6.45, 7) is -2.07. The predicted octanol–water partition coefficient (Wildman–Crippen LogP) is 0.124. The van der Waals surface area contributed by atoms with Crippen LogP contribution in [0.4, 0.5) is 0 Å². The Bertz CT molecular complexity index is 179. The van der Waals surface area contributed by atoms with E-state index in [2.05, 4.69) is 4.74 Å². The second-order valence-corrected chi connectivity index (χ2v) is 1.74. The van der Waals surface area contributed by atoms with Crippen molar-refractivity contribution in [2.45, 2.75) is 18.4 Å². The lowest BCUT2D eigenvalue weighted by molar-refractivity contribution is 0.0878. The Kier molecular flexibility index (Phi) is 0.355. The van der Waals surface area contributed by atoms with E-state index in [0.717, 1.165) is 0 Å². The molecule has 0 bridgehead atoms. The van der Waals surface area contributed by atoms with Crippen LogP contribution in [-0.4, -0.2) is 19.1 Å². The average molecular weight is 106 g/mol. The van der Waals surface area contributed by atoms with Crippen molar-refractivity contribution in [3.05, 3.63) is 0 Å². The SMILES string of the molecule is [2H]C([2H])([2H])OC1(C([2H])([2H])N)CC1. The zero-order valence-corrected chi connectivity index (χ0v) is 3.90. The molecule has 1 fully saturated rings. The van der Waals surface area contributed by atoms with Crippen molar-refractivity contribution < 1.29 is 11.6 Å². The van der Waals surface area contributed by atoms with Gasteiger partial charge in [-0.3, -0.25) is 0 Å². The van der Waals surface area contributed by atoms with Gasteiger partial charge in [-0.2, -0.15) is 0 Å². The first kappa shape index (κ1) is 1.71. The molecule has 1 saturated carbocycles. The Balaban J connectivity index is 2.63. The summed E-state index contributed by atoms with van der Waals surface area (Å²) >= 11 is 0. The maximum Gasteiger partial charge on any atom is 0.0802 e. The minimum Gasteiger partial charge on any atom is -0.377 e. The van der Waals surface area contributed by atoms with Gasteiger partial charge in [-0.25, -0.2) is 0 Å². The summed E-state index contributed by atoms with van der Waals surface area (Å²) in [5, 5.41) is 0. The first-order valence-electron chi connectivity index (χ1n) is 4.65. The molecule has 0 unspecified atom stereocenters. The normalized spacial score (nSPS) is 39.3. The monoisotopic (exact) mass is 106 g/mol. The van der Waals surface area contributed by atoms with Crippen molar-refractivity contribution >= 4 is 0 Å². The maximum atomic E-state index is 7.15. The fourth-order valence-electron chi connectivity index (χ4n) is 0.389. The average Bonchev–Trinajstić information content (AvgIpc) is 2.39. The van der Waals surface area contributed by atoms with Crippen molar-refractivity contribution in [2.75, 3.05) is 13.5 Å². The number of hydrogen-bond acceptors (Lipinski definition) is 2. The van der Waals surface area contributed by atoms with Crippen molar-refractivity contribution in [1.82, 2.24) is 0 Å². The van der Waals surface area contributed by atoms with Gasteiger partial charge in [-0.1, -0.05) is 0 Å². The summed E-state index contributed by atoms with van der Waals surface area (Å²) in [6, 6.07) is 0. The summed E-state index contributed by atoms with van der Waals surface area (Å²) < 4.78 is 39.3. The van der Waals surface area contributed by atoms with Gasteiger partial charge in [0.15, 0.2) is 0 Å². The van der Waals surface area contributed by atoms with E-state index in [4.69, 9.17) is 12.6 Å². The number of rotatable bonds is 2. The number of ether oxygens (including phenoxy) is 1. The fraction of sp³-hybridized carbons (Fsp3) is 1.00. The van der Waals surface area contributed by atoms with Gasteiger partial charge in [-0.05, 0) is 12.8 Å². The molecule has 0 aromatic heterocycles. The molecule has 0 spiro atoms. The van der Waals surface area contributed by atoms with Gasteiger partial charge in [0.05, 0.1) is 9.71 Å². The van der Waals surface area contributed by atoms with Crippen LogP contribution in [-0.2, 0) is 4.74 Å². The quantitative estimate of drug-likeness (QED) is 0.543. The van der Waals surface area contributed by atoms with Gasteiger partial charge in [0.2, 0.25) is 0 Å². The van der Waals surface area contributed by atoms with Crippen molar-refractivity contribution in [1.29, 1.82) is 0 Å². The molecule has 2 heteroatoms. The molecule has 0 saturated heterocycles. The second kappa shape index (κ2) is 1.46. The van der Waals surface area contributed by atoms with Crippen LogP contribution in [0.25, 0.3) is 0 Å². The fourth-order valence-corrected chi connectivity index (χ4v) is 0.389. The lowest BCUT2D eigenvalue weighted by Crippen LogP contribution is -2.23. The molecule has 42 valence electrons. The summed E-state index contributed by atoms with van der Waals surface area (Å²) in [4.78, 5) is 0. The van der Waals surface area contributed by atoms with E-state index in [-0.39, 0.29) is 0 Å². The highest BCUT2D eigenvalue weighted by molar-refractivity contribution is 4.95. The Labute approximate surface area is 50.7 Å². The molecule has 1 rings (SSSR count). The highest BCUT2D eigenvalue weighted by atomic mass is 16.5. The van der Waals surface area contributed by atoms with Crippen LogP contribution in [0.2, 0.25) is 0 Å². The van der Waals surface area contributed by atoms with Crippen LogP contribution in [0, 0.1) is 0 Å². The van der Waals surface area contributed by atoms with Crippen LogP contribution in [0.3, 0.4) is 0 Å². The summed E-state index contributed by atoms with van der Waals surface area (Å²) in [5.41, 5.74) is 3.86. The van der Waals surface area contributed by atoms with Crippen molar-refractivity contribution in [2.24, 2.45) is 5.73 Å². The molecule has 0 aromatic rings. The Morgan fingerprint density at radius 1 is 2.14 bits per heavy atom. The van der Waals surface area contributed by atoms with Crippen LogP contribution in [0.1, 0.15) is 19.7 Å². The van der Waals surface area contributed by atoms with Gasteiger partial charge in [-0.15, -0.1) is 0 Å². The lowest BCUT2D eigenvalue weighted by Gasteiger charge is -2.06. The van der Waals surface area contributed by atoms with E-state index in [9.17, 15) is 0 Å². The van der Waals surface area contributed by atoms with Gasteiger partial charge in [0.1, 0.15) is 0 Å². The molecule has 0 heterocycles. The zero-order valence-electron chi connectivity index (χ0n) is 8.90. The molecule has 0 aliphatic heterocycles. The molecular weight excluding hydrogens is 90.1 g/mol. The van der Waals surface area contributed by atoms with Gasteiger partial charge < -0.3 is 10.5 Å². The molecule has 7 heavy (non-hydrogen) atoms. The highest BCUT2D eigenvalue weighted by Gasteiger charge is 2.41. The molecule has 0 aromatic carbocycles. The smallest absolute Gasteiger partial charge is 0.0802 e. The minimum atomic E-state index is -2.57. The third kappa shape index (κ3) is 0.763. The summed E-state index contributed by atoms with van der Waals surface area (Å²) in [6.07, 6.45) is 0.740. The topological polar surface area (TPSA) is 35.2 Å². The summed E-state index contributed by atoms with van der Waals surface area (Å²) in [7, 11) is -2.57. The lowest BCUT2D eigenvalue weighted by atomic mass is 10.3. The van der Waals surface area contributed by atoms with Crippen molar-refractivity contribution in [3.63, 3.8) is 0 Å². The third-order valence-corrected chi connectivity index (χ3v) is 1.16. The van der Waals surface area contributed by atoms with Crippen molar-refractivity contribution in [3.8, 4) is 0 Å². The van der Waals surface area contributed by atoms with E-state index in [1.807, 2.05) is 0 Å². The molecule has 0 amide bonds. The standard InChI is InChI=1S/C5H11NO/c1-7-5(4-6)2-3-5/h2-4,6H2,1H3/i1D3,4D2. The molecule has 1 aliphatic rings. The van der Waals surface area contributed by atoms with Crippen LogP contribution < -0.4 is 5.73 Å². The van der Waals surface area contributed by atoms with E-state index in [1.165, 1.54) is 0 Å². The first-order valence-corrected chi connectivity index (χ1v) is 2.15. The Morgan fingerprint density at radius 2 is 2.86 bits per heavy atom. The number of hydrogen-bond donors (Lipinski definition) is 1. The largest absolute Gasteiger partial charge is 0.377 e. The molecule has 2 N–H and O–H groups in total. The third-order valence-electron chi connectivity index (χ3n) is 1.16. The second-order valence-electron chi connectivity index (χ2n) is 1.74. The van der Waals surface area contributed by atoms with E-state index >= 15 is 0 Å². The van der Waals surface area contributed by atoms with E-state index in [1.54, 1.807) is 0 Å². The van der Waals surface area contributed by atoms with Gasteiger partial charge in [0.25, 0.3) is 0 Å². The molecule has 0 atom stereocenters. The Hall–Kier alpha value is -0.0800. The van der Waals surface area contributed by atoms with Crippen LogP contribution >= 0.6 is 0 Å². The summed E-state index contributed by atoms with van der Waals surface area (Å²) in [5.74, 6) is 0. The van der Waals surface area contributed by atoms with Crippen LogP contribution in [0.5, 0.6) is 0 Å². The zero-order chi connectivity index (χ0) is 9.62. The maximum absolute atomic E-state index is 7.15. The first-order chi connectivity index (χ1) is 5.16. The molecule has 0 radical (unpaired) electrons. The van der Waals surface area contributed by atoms with E-state index < -0.39 is 19.1 Å². The van der Waals surface area contributed by atoms with Gasteiger partial charge in [0, 0.05) is 16.3 Å². The number of methoxy groups -OCH3 is 1. The Morgan fingerprint density at radius 3 is 3.00 bits per heavy atom. The van der Waals surface area contributed by atoms with E-state index in [0.29, 0.717) is 12.8 Å². The predicted molar refractivity (Wildman–Crippen MR) is 28.0 cm³/mol. The molecule has 2 nitrogen and oxygen atoms in total. The number of nitrogens with two attached hydrogens (primary N) is 1. The van der Waals surface area contributed by atoms with Crippen LogP contribution in [0.15, 0.2) is 0 Å².